The van der Waals surface area contributed by atoms with Gasteiger partial charge in [0.05, 0.1) is 65.5 Å². The molecule has 0 bridgehead atoms. The molecule has 1 saturated heterocycles. The summed E-state index contributed by atoms with van der Waals surface area (Å²) in [6.45, 7) is 0.0674. The van der Waals surface area contributed by atoms with Gasteiger partial charge in [-0.05, 0) is 57.7 Å². The number of ether oxygens (including phenoxy) is 1. The summed E-state index contributed by atoms with van der Waals surface area (Å²) in [5.74, 6) is -1.60. The first-order valence-electron chi connectivity index (χ1n) is 9.66. The Hall–Kier alpha value is -1.11. The first-order chi connectivity index (χ1) is 15.2. The maximum absolute atomic E-state index is 13.1. The second-order valence-corrected chi connectivity index (χ2v) is 9.18. The molecule has 0 spiro atoms. The second kappa shape index (κ2) is 12.4. The predicted molar refractivity (Wildman–Crippen MR) is 131 cm³/mol. The molecule has 6 N–H and O–H groups in total. The number of nitrogens with one attached hydrogen (secondary N) is 2. The molecular weight excluding hydrogens is 652 g/mol. The average molecular weight is 677 g/mol. The Kier molecular flexibility index (Phi) is 10.5. The number of morpholine rings is 1. The molecule has 1 aromatic carbocycles. The third kappa shape index (κ3) is 5.87. The lowest BCUT2D eigenvalue weighted by atomic mass is 9.99. The van der Waals surface area contributed by atoms with Crippen molar-refractivity contribution in [2.45, 2.75) is 19.0 Å². The number of anilines is 1. The van der Waals surface area contributed by atoms with Crippen LogP contribution < -0.4 is 15.5 Å². The van der Waals surface area contributed by atoms with Gasteiger partial charge in [0, 0.05) is 10.1 Å². The molecule has 3 amide bonds. The van der Waals surface area contributed by atoms with Gasteiger partial charge in [-0.1, -0.05) is 0 Å². The van der Waals surface area contributed by atoms with E-state index in [1.807, 2.05) is 45.2 Å². The Bertz CT molecular complexity index is 822. The molecule has 0 aliphatic carbocycles. The molecule has 0 radical (unpaired) electrons. The van der Waals surface area contributed by atoms with Gasteiger partial charge in [0.25, 0.3) is 17.7 Å². The van der Waals surface area contributed by atoms with Gasteiger partial charge in [-0.15, -0.1) is 0 Å². The Morgan fingerprint density at radius 2 is 1.47 bits per heavy atom. The molecular formula is C19H25I2N3O8. The summed E-state index contributed by atoms with van der Waals surface area (Å²) < 4.78 is 5.90. The highest BCUT2D eigenvalue weighted by Gasteiger charge is 2.33. The van der Waals surface area contributed by atoms with Crippen LogP contribution >= 0.6 is 45.2 Å². The lowest BCUT2D eigenvalue weighted by Gasteiger charge is -2.31. The van der Waals surface area contributed by atoms with E-state index in [9.17, 15) is 34.8 Å². The fourth-order valence-electron chi connectivity index (χ4n) is 3.15. The quantitative estimate of drug-likeness (QED) is 0.176. The highest BCUT2D eigenvalue weighted by Crippen LogP contribution is 2.37. The number of benzene rings is 1. The summed E-state index contributed by atoms with van der Waals surface area (Å²) >= 11 is 3.79. The highest BCUT2D eigenvalue weighted by atomic mass is 127. The van der Waals surface area contributed by atoms with Gasteiger partial charge >= 0.3 is 0 Å². The second-order valence-electron chi connectivity index (χ2n) is 7.02. The fraction of sp³-hybridized carbons (Fsp3) is 0.526. The van der Waals surface area contributed by atoms with Crippen molar-refractivity contribution in [1.29, 1.82) is 0 Å². The molecule has 1 aliphatic heterocycles. The van der Waals surface area contributed by atoms with Gasteiger partial charge in [0.1, 0.15) is 6.61 Å². The van der Waals surface area contributed by atoms with Crippen LogP contribution in [0.25, 0.3) is 0 Å². The largest absolute Gasteiger partial charge is 0.394 e. The van der Waals surface area contributed by atoms with Crippen molar-refractivity contribution in [3.05, 3.63) is 23.8 Å². The Labute approximate surface area is 211 Å². The number of rotatable bonds is 9. The molecule has 1 fully saturated rings. The number of halogens is 2. The maximum atomic E-state index is 13.1. The van der Waals surface area contributed by atoms with Crippen molar-refractivity contribution in [2.24, 2.45) is 0 Å². The summed E-state index contributed by atoms with van der Waals surface area (Å²) in [4.78, 5) is 40.1. The molecule has 178 valence electrons. The van der Waals surface area contributed by atoms with E-state index in [1.54, 1.807) is 6.92 Å². The van der Waals surface area contributed by atoms with Crippen LogP contribution in [-0.2, 0) is 9.53 Å². The van der Waals surface area contributed by atoms with Crippen LogP contribution in [0.1, 0.15) is 26.3 Å². The van der Waals surface area contributed by atoms with Gasteiger partial charge in [-0.2, -0.15) is 0 Å². The van der Waals surface area contributed by atoms with Crippen molar-refractivity contribution in [2.75, 3.05) is 51.1 Å². The topological polar surface area (TPSA) is 169 Å². The number of nitrogens with zero attached hydrogens (tertiary/aromatic N) is 1. The van der Waals surface area contributed by atoms with Crippen LogP contribution in [0.5, 0.6) is 0 Å². The van der Waals surface area contributed by atoms with Crippen molar-refractivity contribution in [1.82, 2.24) is 10.6 Å². The number of hydrogen-bond acceptors (Lipinski definition) is 8. The molecule has 32 heavy (non-hydrogen) atoms. The minimum absolute atomic E-state index is 0.104. The van der Waals surface area contributed by atoms with E-state index in [0.29, 0.717) is 14.8 Å². The predicted octanol–water partition coefficient (Wildman–Crippen LogP) is -1.27. The van der Waals surface area contributed by atoms with Crippen LogP contribution in [0.3, 0.4) is 0 Å². The number of aliphatic hydroxyl groups is 4. The van der Waals surface area contributed by atoms with E-state index in [0.717, 1.165) is 0 Å². The SMILES string of the molecule is Cc1c(C(=O)NC(CO)CO)c(I)c(C(=O)NC(CO)CO)c(I)c1N1CCOCC1=O. The minimum atomic E-state index is -0.908. The maximum Gasteiger partial charge on any atom is 0.253 e. The Morgan fingerprint density at radius 3 is 1.94 bits per heavy atom. The van der Waals surface area contributed by atoms with Crippen molar-refractivity contribution in [3.63, 3.8) is 0 Å². The van der Waals surface area contributed by atoms with Crippen molar-refractivity contribution >= 4 is 68.6 Å². The summed E-state index contributed by atoms with van der Waals surface area (Å²) in [6.07, 6.45) is 0. The molecule has 0 aromatic heterocycles. The molecule has 1 aromatic rings. The monoisotopic (exact) mass is 677 g/mol. The normalized spacial score (nSPS) is 14.3. The van der Waals surface area contributed by atoms with E-state index in [1.165, 1.54) is 4.90 Å². The van der Waals surface area contributed by atoms with E-state index in [4.69, 9.17) is 4.74 Å². The smallest absolute Gasteiger partial charge is 0.253 e. The van der Waals surface area contributed by atoms with Gasteiger partial charge < -0.3 is 40.7 Å². The van der Waals surface area contributed by atoms with Crippen LogP contribution in [0.2, 0.25) is 0 Å². The first kappa shape index (κ1) is 27.1. The molecule has 2 rings (SSSR count). The van der Waals surface area contributed by atoms with E-state index in [-0.39, 0.29) is 40.4 Å². The summed E-state index contributed by atoms with van der Waals surface area (Å²) in [6, 6.07) is -1.81. The van der Waals surface area contributed by atoms with Crippen LogP contribution in [0.4, 0.5) is 5.69 Å². The number of aliphatic hydroxyl groups excluding tert-OH is 4. The molecule has 0 atom stereocenters. The number of carbonyl (C=O) groups is 3. The molecule has 0 unspecified atom stereocenters. The van der Waals surface area contributed by atoms with Gasteiger partial charge in [0.15, 0.2) is 0 Å². The number of carbonyl (C=O) groups excluding carboxylic acids is 3. The first-order valence-corrected chi connectivity index (χ1v) is 11.8. The third-order valence-electron chi connectivity index (χ3n) is 4.86. The van der Waals surface area contributed by atoms with E-state index in [2.05, 4.69) is 10.6 Å². The zero-order valence-corrected chi connectivity index (χ0v) is 21.5. The van der Waals surface area contributed by atoms with E-state index < -0.39 is 50.3 Å². The molecule has 13 heteroatoms. The Balaban J connectivity index is 2.69. The molecule has 0 saturated carbocycles. The molecule has 1 heterocycles. The minimum Gasteiger partial charge on any atom is -0.394 e. The van der Waals surface area contributed by atoms with Gasteiger partial charge in [-0.3, -0.25) is 14.4 Å². The summed E-state index contributed by atoms with van der Waals surface area (Å²) in [5.41, 5.74) is 1.04. The summed E-state index contributed by atoms with van der Waals surface area (Å²) in [5, 5.41) is 42.4. The lowest BCUT2D eigenvalue weighted by molar-refractivity contribution is -0.125. The zero-order chi connectivity index (χ0) is 24.0. The number of amides is 3. The van der Waals surface area contributed by atoms with Crippen molar-refractivity contribution < 1.29 is 39.5 Å². The standard InChI is InChI=1S/C19H25I2N3O8/c1-9-13(18(30)22-10(4-25)5-26)15(20)14(19(31)23-11(6-27)7-28)16(21)17(9)24-2-3-32-8-12(24)29/h10-11,25-28H,2-8H2,1H3,(H,22,30)(H,23,31). The third-order valence-corrected chi connectivity index (χ3v) is 6.99. The lowest BCUT2D eigenvalue weighted by Crippen LogP contribution is -2.45. The summed E-state index contributed by atoms with van der Waals surface area (Å²) in [7, 11) is 0. The highest BCUT2D eigenvalue weighted by molar-refractivity contribution is 14.1. The molecule has 11 nitrogen and oxygen atoms in total. The van der Waals surface area contributed by atoms with Gasteiger partial charge in [0.2, 0.25) is 0 Å². The Morgan fingerprint density at radius 1 is 0.969 bits per heavy atom. The van der Waals surface area contributed by atoms with Gasteiger partial charge in [-0.25, -0.2) is 0 Å². The number of hydrogen-bond donors (Lipinski definition) is 6. The van der Waals surface area contributed by atoms with Crippen molar-refractivity contribution in [3.8, 4) is 0 Å². The average Bonchev–Trinajstić information content (AvgIpc) is 2.76. The molecule has 1 aliphatic rings. The fourth-order valence-corrected chi connectivity index (χ4v) is 6.04. The van der Waals surface area contributed by atoms with Crippen LogP contribution in [0.15, 0.2) is 0 Å². The van der Waals surface area contributed by atoms with E-state index >= 15 is 0 Å². The van der Waals surface area contributed by atoms with Crippen LogP contribution in [-0.4, -0.2) is 96.4 Å². The van der Waals surface area contributed by atoms with Crippen LogP contribution in [0, 0.1) is 14.1 Å². The zero-order valence-electron chi connectivity index (χ0n) is 17.2.